The monoisotopic (exact) mass is 280 g/mol. The topological polar surface area (TPSA) is 99.9 Å². The van der Waals surface area contributed by atoms with Gasteiger partial charge in [0.2, 0.25) is 0 Å². The lowest BCUT2D eigenvalue weighted by Gasteiger charge is -2.10. The van der Waals surface area contributed by atoms with Gasteiger partial charge in [-0.3, -0.25) is 10.2 Å². The van der Waals surface area contributed by atoms with Crippen molar-refractivity contribution in [2.24, 2.45) is 5.84 Å². The molecule has 1 rings (SSSR count). The number of nitrogens with one attached hydrogen (secondary N) is 1. The fourth-order valence-corrected chi connectivity index (χ4v) is 1.32. The Labute approximate surface area is 116 Å². The fraction of sp³-hybridized carbons (Fsp3) is 0.231. The van der Waals surface area contributed by atoms with Crippen molar-refractivity contribution >= 4 is 18.0 Å². The first-order valence-electron chi connectivity index (χ1n) is 5.67. The van der Waals surface area contributed by atoms with Gasteiger partial charge in [-0.1, -0.05) is 6.07 Å². The van der Waals surface area contributed by atoms with Crippen LogP contribution in [0.25, 0.3) is 6.08 Å². The number of methoxy groups -OCH3 is 2. The van der Waals surface area contributed by atoms with Crippen LogP contribution < -0.4 is 20.7 Å². The molecule has 0 aliphatic heterocycles. The molecular weight excluding hydrogens is 264 g/mol. The van der Waals surface area contributed by atoms with Crippen molar-refractivity contribution in [3.05, 3.63) is 29.8 Å². The molecule has 7 nitrogen and oxygen atoms in total. The van der Waals surface area contributed by atoms with Crippen molar-refractivity contribution in [2.75, 3.05) is 20.8 Å². The number of rotatable bonds is 6. The number of carbonyl (C=O) groups excluding carboxylic acids is 2. The van der Waals surface area contributed by atoms with Gasteiger partial charge >= 0.3 is 5.97 Å². The molecule has 0 radical (unpaired) electrons. The lowest BCUT2D eigenvalue weighted by Crippen LogP contribution is -2.27. The smallest absolute Gasteiger partial charge is 0.343 e. The Balaban J connectivity index is 2.82. The molecule has 0 heterocycles. The molecule has 1 amide bonds. The molecule has 0 bridgehead atoms. The Morgan fingerprint density at radius 1 is 1.30 bits per heavy atom. The summed E-state index contributed by atoms with van der Waals surface area (Å²) >= 11 is 0. The molecule has 1 aromatic carbocycles. The Morgan fingerprint density at radius 3 is 2.65 bits per heavy atom. The van der Waals surface area contributed by atoms with Crippen LogP contribution in [0.4, 0.5) is 0 Å². The van der Waals surface area contributed by atoms with Crippen molar-refractivity contribution < 1.29 is 23.8 Å². The molecule has 0 saturated heterocycles. The minimum atomic E-state index is -0.490. The lowest BCUT2D eigenvalue weighted by molar-refractivity contribution is -0.142. The molecule has 108 valence electrons. The van der Waals surface area contributed by atoms with Gasteiger partial charge in [0, 0.05) is 6.08 Å². The third-order valence-corrected chi connectivity index (χ3v) is 2.33. The van der Waals surface area contributed by atoms with Crippen molar-refractivity contribution in [1.29, 1.82) is 0 Å². The minimum Gasteiger partial charge on any atom is -0.493 e. The molecule has 7 heteroatoms. The molecule has 0 aliphatic carbocycles. The first-order valence-corrected chi connectivity index (χ1v) is 5.67. The molecular formula is C13H16N2O5. The maximum atomic E-state index is 11.0. The van der Waals surface area contributed by atoms with Gasteiger partial charge in [0.05, 0.1) is 14.2 Å². The lowest BCUT2D eigenvalue weighted by atomic mass is 10.2. The Bertz CT molecular complexity index is 513. The van der Waals surface area contributed by atoms with E-state index in [1.807, 2.05) is 5.43 Å². The zero-order valence-corrected chi connectivity index (χ0v) is 11.2. The summed E-state index contributed by atoms with van der Waals surface area (Å²) in [5.74, 6) is 4.88. The summed E-state index contributed by atoms with van der Waals surface area (Å²) in [7, 11) is 2.75. The van der Waals surface area contributed by atoms with Gasteiger partial charge in [0.25, 0.3) is 5.91 Å². The minimum absolute atomic E-state index is 0.211. The van der Waals surface area contributed by atoms with Crippen LogP contribution in [0.3, 0.4) is 0 Å². The van der Waals surface area contributed by atoms with Crippen molar-refractivity contribution in [1.82, 2.24) is 5.43 Å². The van der Waals surface area contributed by atoms with E-state index in [2.05, 4.69) is 4.74 Å². The zero-order valence-electron chi connectivity index (χ0n) is 11.2. The van der Waals surface area contributed by atoms with Crippen LogP contribution in [0.1, 0.15) is 5.56 Å². The average molecular weight is 280 g/mol. The molecule has 0 unspecified atom stereocenters. The second kappa shape index (κ2) is 7.80. The molecule has 0 fully saturated rings. The van der Waals surface area contributed by atoms with E-state index in [-0.39, 0.29) is 6.61 Å². The highest BCUT2D eigenvalue weighted by atomic mass is 16.6. The van der Waals surface area contributed by atoms with Gasteiger partial charge in [0.15, 0.2) is 18.1 Å². The highest BCUT2D eigenvalue weighted by molar-refractivity contribution is 5.91. The van der Waals surface area contributed by atoms with E-state index in [9.17, 15) is 9.59 Å². The summed E-state index contributed by atoms with van der Waals surface area (Å²) in [6.45, 7) is -0.211. The number of amides is 1. The third kappa shape index (κ3) is 4.62. The Kier molecular flexibility index (Phi) is 6.05. The number of esters is 1. The first kappa shape index (κ1) is 15.5. The van der Waals surface area contributed by atoms with E-state index in [1.165, 1.54) is 20.3 Å². The van der Waals surface area contributed by atoms with Crippen molar-refractivity contribution in [3.63, 3.8) is 0 Å². The predicted octanol–water partition coefficient (Wildman–Crippen LogP) is 0.250. The van der Waals surface area contributed by atoms with E-state index in [0.717, 1.165) is 5.56 Å². The summed E-state index contributed by atoms with van der Waals surface area (Å²) in [6, 6.07) is 4.99. The zero-order chi connectivity index (χ0) is 15.0. The summed E-state index contributed by atoms with van der Waals surface area (Å²) in [5, 5.41) is 0. The van der Waals surface area contributed by atoms with Crippen LogP contribution in [0.2, 0.25) is 0 Å². The molecule has 0 atom stereocenters. The number of benzene rings is 1. The van der Waals surface area contributed by atoms with Crippen LogP contribution in [0, 0.1) is 0 Å². The van der Waals surface area contributed by atoms with Crippen LogP contribution in [0.15, 0.2) is 24.3 Å². The van der Waals surface area contributed by atoms with Crippen LogP contribution >= 0.6 is 0 Å². The van der Waals surface area contributed by atoms with Gasteiger partial charge < -0.3 is 14.2 Å². The standard InChI is InChI=1S/C13H16N2O5/c1-18-11-7-9(4-6-12(16)15-14)3-5-10(11)20-8-13(17)19-2/h3-7H,8,14H2,1-2H3,(H,15,16)/b6-4+. The molecule has 20 heavy (non-hydrogen) atoms. The van der Waals surface area contributed by atoms with Gasteiger partial charge in [-0.15, -0.1) is 0 Å². The highest BCUT2D eigenvalue weighted by Gasteiger charge is 2.08. The molecule has 0 spiro atoms. The number of nitrogens with two attached hydrogens (primary N) is 1. The number of hydrogen-bond donors (Lipinski definition) is 2. The van der Waals surface area contributed by atoms with Crippen molar-refractivity contribution in [3.8, 4) is 11.5 Å². The van der Waals surface area contributed by atoms with Crippen LogP contribution in [0.5, 0.6) is 11.5 Å². The van der Waals surface area contributed by atoms with E-state index < -0.39 is 11.9 Å². The normalized spacial score (nSPS) is 10.2. The van der Waals surface area contributed by atoms with Gasteiger partial charge in [-0.25, -0.2) is 10.6 Å². The molecule has 3 N–H and O–H groups in total. The fourth-order valence-electron chi connectivity index (χ4n) is 1.32. The first-order chi connectivity index (χ1) is 9.60. The van der Waals surface area contributed by atoms with Crippen molar-refractivity contribution in [2.45, 2.75) is 0 Å². The largest absolute Gasteiger partial charge is 0.493 e. The highest BCUT2D eigenvalue weighted by Crippen LogP contribution is 2.28. The second-order valence-corrected chi connectivity index (χ2v) is 3.62. The van der Waals surface area contributed by atoms with E-state index in [1.54, 1.807) is 24.3 Å². The van der Waals surface area contributed by atoms with E-state index >= 15 is 0 Å². The number of hydrazine groups is 1. The predicted molar refractivity (Wildman–Crippen MR) is 71.9 cm³/mol. The molecule has 0 saturated carbocycles. The van der Waals surface area contributed by atoms with Gasteiger partial charge in [-0.05, 0) is 23.8 Å². The van der Waals surface area contributed by atoms with Gasteiger partial charge in [-0.2, -0.15) is 0 Å². The number of ether oxygens (including phenoxy) is 3. The maximum absolute atomic E-state index is 11.0. The average Bonchev–Trinajstić information content (AvgIpc) is 2.50. The maximum Gasteiger partial charge on any atom is 0.343 e. The van der Waals surface area contributed by atoms with E-state index in [0.29, 0.717) is 11.5 Å². The summed E-state index contributed by atoms with van der Waals surface area (Å²) < 4.78 is 14.9. The number of carbonyl (C=O) groups is 2. The Hall–Kier alpha value is -2.54. The quantitative estimate of drug-likeness (QED) is 0.255. The summed E-state index contributed by atoms with van der Waals surface area (Å²) in [4.78, 5) is 22.0. The molecule has 0 aromatic heterocycles. The van der Waals surface area contributed by atoms with Crippen LogP contribution in [-0.4, -0.2) is 32.7 Å². The summed E-state index contributed by atoms with van der Waals surface area (Å²) in [5.41, 5.74) is 2.70. The second-order valence-electron chi connectivity index (χ2n) is 3.62. The molecule has 1 aromatic rings. The SMILES string of the molecule is COC(=O)COc1ccc(/C=C/C(=O)NN)cc1OC. The summed E-state index contributed by atoms with van der Waals surface area (Å²) in [6.07, 6.45) is 2.85. The van der Waals surface area contributed by atoms with Crippen LogP contribution in [-0.2, 0) is 14.3 Å². The van der Waals surface area contributed by atoms with E-state index in [4.69, 9.17) is 15.3 Å². The Morgan fingerprint density at radius 2 is 2.05 bits per heavy atom. The number of hydrogen-bond acceptors (Lipinski definition) is 6. The molecule has 0 aliphatic rings. The van der Waals surface area contributed by atoms with Gasteiger partial charge in [0.1, 0.15) is 0 Å². The third-order valence-electron chi connectivity index (χ3n) is 2.33.